The fourth-order valence-corrected chi connectivity index (χ4v) is 14.6. The van der Waals surface area contributed by atoms with Crippen molar-refractivity contribution in [3.8, 4) is 0 Å². The van der Waals surface area contributed by atoms with Crippen LogP contribution in [0.5, 0.6) is 0 Å². The second-order valence-electron chi connectivity index (χ2n) is 25.5. The average molecular weight is 1060 g/mol. The van der Waals surface area contributed by atoms with Crippen molar-refractivity contribution in [2.45, 2.75) is 178 Å². The van der Waals surface area contributed by atoms with Gasteiger partial charge in [0, 0.05) is 89.5 Å². The lowest BCUT2D eigenvalue weighted by molar-refractivity contribution is 0.349. The summed E-state index contributed by atoms with van der Waals surface area (Å²) in [6, 6.07) is 35.4. The number of nitrogens with one attached hydrogen (secondary N) is 4. The summed E-state index contributed by atoms with van der Waals surface area (Å²) < 4.78 is 0. The van der Waals surface area contributed by atoms with Crippen LogP contribution in [0, 0.1) is 0 Å². The third-order valence-corrected chi connectivity index (χ3v) is 19.0. The van der Waals surface area contributed by atoms with Crippen LogP contribution in [0.25, 0.3) is 22.3 Å². The molecule has 8 bridgehead atoms. The Morgan fingerprint density at radius 3 is 0.675 bits per heavy atom. The fourth-order valence-electron chi connectivity index (χ4n) is 14.6. The molecular weight excluding hydrogens is 977 g/mol. The van der Waals surface area contributed by atoms with E-state index in [4.69, 9.17) is 20.0 Å². The summed E-state index contributed by atoms with van der Waals surface area (Å²) in [4.78, 5) is 23.3. The van der Waals surface area contributed by atoms with E-state index in [9.17, 15) is 0 Å². The first kappa shape index (κ1) is 52.1. The van der Waals surface area contributed by atoms with Crippen molar-refractivity contribution in [2.75, 3.05) is 21.3 Å². The van der Waals surface area contributed by atoms with Gasteiger partial charge in [-0.1, -0.05) is 150 Å². The van der Waals surface area contributed by atoms with E-state index in [1.165, 1.54) is 77.0 Å². The van der Waals surface area contributed by atoms with Crippen LogP contribution in [0.2, 0.25) is 0 Å². The molecule has 8 nitrogen and oxygen atoms in total. The van der Waals surface area contributed by atoms with Gasteiger partial charge < -0.3 is 21.3 Å². The number of allylic oxidation sites excluding steroid dienone is 12. The van der Waals surface area contributed by atoms with Crippen LogP contribution in [0.3, 0.4) is 0 Å². The van der Waals surface area contributed by atoms with E-state index >= 15 is 0 Å². The maximum atomic E-state index is 5.82. The van der Waals surface area contributed by atoms with E-state index in [1.54, 1.807) is 0 Å². The lowest BCUT2D eigenvalue weighted by Crippen LogP contribution is -2.37. The zero-order valence-corrected chi connectivity index (χ0v) is 47.8. The van der Waals surface area contributed by atoms with Crippen molar-refractivity contribution >= 4 is 67.9 Å². The molecule has 408 valence electrons. The number of para-hydroxylation sites is 4. The van der Waals surface area contributed by atoms with Crippen molar-refractivity contribution in [3.63, 3.8) is 0 Å². The maximum Gasteiger partial charge on any atom is 0.0738 e. The van der Waals surface area contributed by atoms with Gasteiger partial charge in [0.2, 0.25) is 0 Å². The summed E-state index contributed by atoms with van der Waals surface area (Å²) in [5.41, 5.74) is 19.7. The quantitative estimate of drug-likeness (QED) is 0.114. The minimum atomic E-state index is -0.0235. The van der Waals surface area contributed by atoms with E-state index in [-0.39, 0.29) is 22.2 Å². The highest BCUT2D eigenvalue weighted by Crippen LogP contribution is 2.46. The molecule has 0 amide bonds. The molecule has 4 aromatic rings. The monoisotopic (exact) mass is 1060 g/mol. The van der Waals surface area contributed by atoms with Gasteiger partial charge in [-0.05, 0) is 152 Å². The number of nitrogens with zero attached hydrogens (tertiary/aromatic N) is 4. The molecule has 9 aliphatic rings. The SMILES string of the molecule is CC1(Nc2ccccc2C2=C3C=CC(=N3)C(c3ccccc3NC3(C)CCCCC3)=C3C=CC(=N3)C(c3ccccc3NC3(C)CCCCC3)=C3C=CC(=N3)C(c3ccccc3NC3(C)CCCCC3)=C3C=CC2=N3)CCCCC1. The molecule has 0 unspecified atom stereocenters. The van der Waals surface area contributed by atoms with Crippen LogP contribution < -0.4 is 21.3 Å². The highest BCUT2D eigenvalue weighted by atomic mass is 15.0. The minimum Gasteiger partial charge on any atom is -0.379 e. The molecule has 4 saturated carbocycles. The molecule has 0 spiro atoms. The van der Waals surface area contributed by atoms with Gasteiger partial charge in [0.15, 0.2) is 0 Å². The Morgan fingerprint density at radius 2 is 0.463 bits per heavy atom. The standard InChI is InChI=1S/C72H80N8/c1-69(41-17-5-18-42-69)77-53-29-13-9-25-49(53)65-57-33-35-59(73-57)66(50-26-10-14-30-54(50)78-70(2)43-19-6-20-44-70)61-37-39-63(75-61)68(52-28-12-16-32-56(52)80-72(4)47-23-8-24-48-72)64-40-38-62(76-64)67(60-36-34-58(65)74-60)51-27-11-15-31-55(51)79-71(3)45-21-7-22-46-71/h9-16,25-40,77-80H,5-8,17-24,41-48H2,1-4H3. The molecular formula is C72H80N8. The van der Waals surface area contributed by atoms with Crippen LogP contribution in [-0.2, 0) is 0 Å². The summed E-state index contributed by atoms with van der Waals surface area (Å²) in [6.45, 7) is 9.62. The van der Waals surface area contributed by atoms with Gasteiger partial charge >= 0.3 is 0 Å². The molecule has 0 atom stereocenters. The predicted octanol–water partition coefficient (Wildman–Crippen LogP) is 18.2. The highest BCUT2D eigenvalue weighted by molar-refractivity contribution is 6.40. The van der Waals surface area contributed by atoms with Crippen LogP contribution >= 0.6 is 0 Å². The molecule has 4 aliphatic carbocycles. The van der Waals surface area contributed by atoms with E-state index in [0.717, 1.165) is 164 Å². The Kier molecular flexibility index (Phi) is 14.1. The van der Waals surface area contributed by atoms with Crippen molar-refractivity contribution in [1.29, 1.82) is 0 Å². The fraction of sp³-hybridized carbons (Fsp3) is 0.389. The molecule has 5 aliphatic heterocycles. The van der Waals surface area contributed by atoms with Crippen LogP contribution in [-0.4, -0.2) is 45.0 Å². The van der Waals surface area contributed by atoms with Crippen molar-refractivity contribution in [2.24, 2.45) is 20.0 Å². The average Bonchev–Trinajstić information content (AvgIpc) is 4.35. The number of aliphatic imine (C=N–C) groups is 4. The summed E-state index contributed by atoms with van der Waals surface area (Å²) >= 11 is 0. The summed E-state index contributed by atoms with van der Waals surface area (Å²) in [6.07, 6.45) is 41.8. The number of rotatable bonds is 12. The molecule has 4 aromatic carbocycles. The smallest absolute Gasteiger partial charge is 0.0738 e. The molecule has 5 heterocycles. The Balaban J connectivity index is 1.07. The first-order chi connectivity index (χ1) is 39.0. The zero-order chi connectivity index (χ0) is 54.3. The van der Waals surface area contributed by atoms with Crippen molar-refractivity contribution in [1.82, 2.24) is 0 Å². The predicted molar refractivity (Wildman–Crippen MR) is 340 cm³/mol. The second kappa shape index (κ2) is 21.6. The van der Waals surface area contributed by atoms with Crippen LogP contribution in [0.1, 0.15) is 178 Å². The van der Waals surface area contributed by atoms with Crippen molar-refractivity contribution < 1.29 is 0 Å². The van der Waals surface area contributed by atoms with E-state index in [1.807, 2.05) is 0 Å². The van der Waals surface area contributed by atoms with E-state index in [0.29, 0.717) is 0 Å². The molecule has 4 N–H and O–H groups in total. The second-order valence-corrected chi connectivity index (χ2v) is 25.5. The van der Waals surface area contributed by atoms with Gasteiger partial charge in [0.1, 0.15) is 0 Å². The minimum absolute atomic E-state index is 0.0235. The number of hydrogen-bond acceptors (Lipinski definition) is 8. The molecule has 80 heavy (non-hydrogen) atoms. The summed E-state index contributed by atoms with van der Waals surface area (Å²) in [7, 11) is 0. The number of anilines is 4. The first-order valence-corrected chi connectivity index (χ1v) is 30.6. The van der Waals surface area contributed by atoms with Gasteiger partial charge in [0.05, 0.1) is 45.6 Å². The van der Waals surface area contributed by atoms with Gasteiger partial charge in [0.25, 0.3) is 0 Å². The summed E-state index contributed by atoms with van der Waals surface area (Å²) in [5.74, 6) is 0. The largest absolute Gasteiger partial charge is 0.379 e. The van der Waals surface area contributed by atoms with Gasteiger partial charge in [-0.15, -0.1) is 0 Å². The topological polar surface area (TPSA) is 97.6 Å². The number of benzene rings is 4. The Bertz CT molecular complexity index is 3030. The normalized spacial score (nSPS) is 22.6. The molecule has 13 rings (SSSR count). The van der Waals surface area contributed by atoms with Gasteiger partial charge in [-0.25, -0.2) is 20.0 Å². The van der Waals surface area contributed by atoms with Gasteiger partial charge in [-0.2, -0.15) is 0 Å². The van der Waals surface area contributed by atoms with Crippen LogP contribution in [0.4, 0.5) is 22.7 Å². The van der Waals surface area contributed by atoms with E-state index in [2.05, 4.69) is 195 Å². The molecule has 0 aromatic heterocycles. The first-order valence-electron chi connectivity index (χ1n) is 30.6. The molecule has 0 radical (unpaired) electrons. The zero-order valence-electron chi connectivity index (χ0n) is 47.8. The third-order valence-electron chi connectivity index (χ3n) is 19.0. The lowest BCUT2D eigenvalue weighted by atomic mass is 9.82. The van der Waals surface area contributed by atoms with Crippen LogP contribution in [0.15, 0.2) is 188 Å². The molecule has 0 saturated heterocycles. The third kappa shape index (κ3) is 10.5. The van der Waals surface area contributed by atoms with Crippen molar-refractivity contribution in [3.05, 3.63) is 191 Å². The Labute approximate surface area is 475 Å². The van der Waals surface area contributed by atoms with E-state index < -0.39 is 0 Å². The number of hydrogen-bond donors (Lipinski definition) is 4. The Hall–Kier alpha value is -7.32. The molecule has 8 heteroatoms. The maximum absolute atomic E-state index is 5.82. The summed E-state index contributed by atoms with van der Waals surface area (Å²) in [5, 5.41) is 16.5. The highest BCUT2D eigenvalue weighted by Gasteiger charge is 2.35. The molecule has 4 fully saturated rings. The lowest BCUT2D eigenvalue weighted by Gasteiger charge is -2.36. The Morgan fingerprint density at radius 1 is 0.263 bits per heavy atom. The van der Waals surface area contributed by atoms with Gasteiger partial charge in [-0.3, -0.25) is 0 Å². The number of fused-ring (bicyclic) bond motifs is 4.